The van der Waals surface area contributed by atoms with Gasteiger partial charge in [0.25, 0.3) is 5.56 Å². The van der Waals surface area contributed by atoms with Crippen LogP contribution < -0.4 is 5.56 Å². The van der Waals surface area contributed by atoms with Crippen molar-refractivity contribution in [2.24, 2.45) is 0 Å². The number of aryl methyl sites for hydroxylation is 1. The van der Waals surface area contributed by atoms with E-state index in [-0.39, 0.29) is 11.1 Å². The van der Waals surface area contributed by atoms with E-state index in [1.807, 2.05) is 42.1 Å². The maximum Gasteiger partial charge on any atom is 0.273 e. The van der Waals surface area contributed by atoms with Gasteiger partial charge in [0.05, 0.1) is 11.2 Å². The van der Waals surface area contributed by atoms with Gasteiger partial charge in [-0.3, -0.25) is 14.5 Å². The molecule has 0 unspecified atom stereocenters. The largest absolute Gasteiger partial charge is 0.278 e. The molecule has 0 spiro atoms. The minimum Gasteiger partial charge on any atom is -0.278 e. The molecule has 0 saturated heterocycles. The summed E-state index contributed by atoms with van der Waals surface area (Å²) in [5, 5.41) is 0. The molecule has 3 heterocycles. The lowest BCUT2D eigenvalue weighted by atomic mass is 10.1. The number of aromatic nitrogens is 4. The van der Waals surface area contributed by atoms with Crippen molar-refractivity contribution in [3.05, 3.63) is 64.0 Å². The second-order valence-electron chi connectivity index (χ2n) is 6.60. The molecule has 0 aromatic carbocycles. The highest BCUT2D eigenvalue weighted by molar-refractivity contribution is 5.68. The smallest absolute Gasteiger partial charge is 0.273 e. The summed E-state index contributed by atoms with van der Waals surface area (Å²) in [5.41, 5.74) is 3.02. The molecule has 0 bridgehead atoms. The van der Waals surface area contributed by atoms with Crippen molar-refractivity contribution in [1.82, 2.24) is 19.2 Å². The Labute approximate surface area is 134 Å². The van der Waals surface area contributed by atoms with Gasteiger partial charge >= 0.3 is 0 Å². The van der Waals surface area contributed by atoms with Gasteiger partial charge < -0.3 is 0 Å². The first-order valence-corrected chi connectivity index (χ1v) is 7.57. The molecule has 23 heavy (non-hydrogen) atoms. The van der Waals surface area contributed by atoms with E-state index in [0.717, 1.165) is 11.1 Å². The molecular weight excluding hydrogens is 288 g/mol. The highest BCUT2D eigenvalue weighted by Gasteiger charge is 2.19. The number of fused-ring (bicyclic) bond motifs is 1. The van der Waals surface area contributed by atoms with Gasteiger partial charge in [0.1, 0.15) is 0 Å². The molecule has 0 aliphatic heterocycles. The SMILES string of the molecule is Cc1cn(C(C)(C)C)n2c(=O)cc(/C=C/c3cccnc3)nc12. The zero-order chi connectivity index (χ0) is 16.6. The predicted molar refractivity (Wildman–Crippen MR) is 92.4 cm³/mol. The summed E-state index contributed by atoms with van der Waals surface area (Å²) in [6.07, 6.45) is 9.21. The Hall–Kier alpha value is -2.69. The molecule has 0 aliphatic rings. The lowest BCUT2D eigenvalue weighted by molar-refractivity contribution is 0.335. The molecule has 3 rings (SSSR count). The fraction of sp³-hybridized carbons (Fsp3) is 0.278. The number of nitrogens with zero attached hydrogens (tertiary/aromatic N) is 4. The summed E-state index contributed by atoms with van der Waals surface area (Å²) in [5.74, 6) is 0. The molecule has 5 nitrogen and oxygen atoms in total. The summed E-state index contributed by atoms with van der Waals surface area (Å²) in [4.78, 5) is 21.2. The van der Waals surface area contributed by atoms with Gasteiger partial charge in [-0.25, -0.2) is 4.98 Å². The lowest BCUT2D eigenvalue weighted by Crippen LogP contribution is -2.31. The van der Waals surface area contributed by atoms with Crippen LogP contribution in [-0.4, -0.2) is 19.2 Å². The average Bonchev–Trinajstić information content (AvgIpc) is 2.84. The van der Waals surface area contributed by atoms with Crippen LogP contribution in [0.4, 0.5) is 0 Å². The Morgan fingerprint density at radius 3 is 2.65 bits per heavy atom. The Balaban J connectivity index is 2.11. The van der Waals surface area contributed by atoms with E-state index in [1.165, 1.54) is 0 Å². The zero-order valence-corrected chi connectivity index (χ0v) is 13.8. The van der Waals surface area contributed by atoms with Gasteiger partial charge in [0.2, 0.25) is 0 Å². The fourth-order valence-electron chi connectivity index (χ4n) is 2.49. The number of hydrogen-bond acceptors (Lipinski definition) is 3. The number of rotatable bonds is 2. The third-order valence-electron chi connectivity index (χ3n) is 3.62. The summed E-state index contributed by atoms with van der Waals surface area (Å²) in [6.45, 7) is 8.16. The van der Waals surface area contributed by atoms with E-state index in [0.29, 0.717) is 11.3 Å². The quantitative estimate of drug-likeness (QED) is 0.731. The third kappa shape index (κ3) is 2.95. The molecule has 3 aromatic rings. The highest BCUT2D eigenvalue weighted by atomic mass is 16.1. The van der Waals surface area contributed by atoms with Gasteiger partial charge in [-0.15, -0.1) is 0 Å². The van der Waals surface area contributed by atoms with Crippen molar-refractivity contribution in [2.75, 3.05) is 0 Å². The van der Waals surface area contributed by atoms with Gasteiger partial charge in [-0.1, -0.05) is 12.1 Å². The average molecular weight is 308 g/mol. The lowest BCUT2D eigenvalue weighted by Gasteiger charge is -2.22. The van der Waals surface area contributed by atoms with Crippen LogP contribution in [-0.2, 0) is 5.54 Å². The van der Waals surface area contributed by atoms with Crippen LogP contribution in [0.25, 0.3) is 17.8 Å². The van der Waals surface area contributed by atoms with E-state index in [1.54, 1.807) is 23.0 Å². The Morgan fingerprint density at radius 1 is 1.22 bits per heavy atom. The molecule has 0 aliphatic carbocycles. The monoisotopic (exact) mass is 308 g/mol. The Morgan fingerprint density at radius 2 is 2.00 bits per heavy atom. The first-order valence-electron chi connectivity index (χ1n) is 7.57. The minimum absolute atomic E-state index is 0.0798. The fourth-order valence-corrected chi connectivity index (χ4v) is 2.49. The van der Waals surface area contributed by atoms with Crippen LogP contribution >= 0.6 is 0 Å². The van der Waals surface area contributed by atoms with Crippen LogP contribution in [0.15, 0.2) is 41.6 Å². The van der Waals surface area contributed by atoms with Gasteiger partial charge in [0, 0.05) is 30.2 Å². The predicted octanol–water partition coefficient (Wildman–Crippen LogP) is 3.12. The second-order valence-corrected chi connectivity index (χ2v) is 6.60. The molecule has 3 aromatic heterocycles. The van der Waals surface area contributed by atoms with Gasteiger partial charge in [-0.2, -0.15) is 4.52 Å². The van der Waals surface area contributed by atoms with E-state index >= 15 is 0 Å². The third-order valence-corrected chi connectivity index (χ3v) is 3.62. The molecule has 0 N–H and O–H groups in total. The van der Waals surface area contributed by atoms with Crippen molar-refractivity contribution in [3.63, 3.8) is 0 Å². The minimum atomic E-state index is -0.189. The van der Waals surface area contributed by atoms with Crippen LogP contribution in [0.5, 0.6) is 0 Å². The van der Waals surface area contributed by atoms with Crippen molar-refractivity contribution < 1.29 is 0 Å². The maximum atomic E-state index is 12.5. The topological polar surface area (TPSA) is 52.2 Å². The van der Waals surface area contributed by atoms with Crippen LogP contribution in [0.1, 0.15) is 37.6 Å². The van der Waals surface area contributed by atoms with Crippen LogP contribution in [0, 0.1) is 6.92 Å². The molecule has 0 atom stereocenters. The normalized spacial score (nSPS) is 12.3. The van der Waals surface area contributed by atoms with Crippen molar-refractivity contribution in [2.45, 2.75) is 33.2 Å². The van der Waals surface area contributed by atoms with E-state index < -0.39 is 0 Å². The number of pyridine rings is 1. The zero-order valence-electron chi connectivity index (χ0n) is 13.8. The molecule has 0 fully saturated rings. The van der Waals surface area contributed by atoms with Gasteiger partial charge in [-0.05, 0) is 45.4 Å². The van der Waals surface area contributed by atoms with E-state index in [4.69, 9.17) is 0 Å². The second kappa shape index (κ2) is 5.50. The first-order chi connectivity index (χ1) is 10.9. The first kappa shape index (κ1) is 15.2. The summed E-state index contributed by atoms with van der Waals surface area (Å²) >= 11 is 0. The number of hydrogen-bond donors (Lipinski definition) is 0. The highest BCUT2D eigenvalue weighted by Crippen LogP contribution is 2.18. The standard InChI is InChI=1S/C18H20N4O/c1-13-12-21(18(2,3)4)22-16(23)10-15(20-17(13)22)8-7-14-6-5-9-19-11-14/h5-12H,1-4H3/b8-7+. The molecule has 0 amide bonds. The van der Waals surface area contributed by atoms with Crippen molar-refractivity contribution >= 4 is 17.8 Å². The molecule has 0 radical (unpaired) electrons. The molecule has 118 valence electrons. The Kier molecular flexibility index (Phi) is 3.64. The van der Waals surface area contributed by atoms with Crippen molar-refractivity contribution in [1.29, 1.82) is 0 Å². The van der Waals surface area contributed by atoms with E-state index in [2.05, 4.69) is 30.7 Å². The summed E-state index contributed by atoms with van der Waals surface area (Å²) in [6, 6.07) is 5.39. The summed E-state index contributed by atoms with van der Waals surface area (Å²) in [7, 11) is 0. The Bertz CT molecular complexity index is 927. The van der Waals surface area contributed by atoms with E-state index in [9.17, 15) is 4.79 Å². The van der Waals surface area contributed by atoms with Gasteiger partial charge in [0.15, 0.2) is 5.65 Å². The molecule has 5 heteroatoms. The maximum absolute atomic E-state index is 12.5. The molecular formula is C18H20N4O. The van der Waals surface area contributed by atoms with Crippen molar-refractivity contribution in [3.8, 4) is 0 Å². The van der Waals surface area contributed by atoms with Crippen LogP contribution in [0.3, 0.4) is 0 Å². The summed E-state index contributed by atoms with van der Waals surface area (Å²) < 4.78 is 3.57. The molecule has 0 saturated carbocycles. The van der Waals surface area contributed by atoms with Crippen LogP contribution in [0.2, 0.25) is 0 Å².